The second-order valence-electron chi connectivity index (χ2n) is 7.67. The van der Waals surface area contributed by atoms with E-state index in [0.29, 0.717) is 30.8 Å². The zero-order chi connectivity index (χ0) is 21.6. The van der Waals surface area contributed by atoms with Crippen LogP contribution in [0.1, 0.15) is 33.6 Å². The Balaban J connectivity index is 0.00000289. The van der Waals surface area contributed by atoms with Crippen molar-refractivity contribution in [1.29, 1.82) is 5.26 Å². The van der Waals surface area contributed by atoms with Gasteiger partial charge in [0.05, 0.1) is 24.4 Å². The molecule has 1 unspecified atom stereocenters. The molecule has 1 aliphatic heterocycles. The highest BCUT2D eigenvalue weighted by Gasteiger charge is 2.28. The molecule has 3 aromatic rings. The van der Waals surface area contributed by atoms with Crippen molar-refractivity contribution in [3.05, 3.63) is 89.5 Å². The van der Waals surface area contributed by atoms with Crippen molar-refractivity contribution in [3.8, 4) is 6.07 Å². The lowest BCUT2D eigenvalue weighted by molar-refractivity contribution is -0.121. The maximum absolute atomic E-state index is 12.6. The van der Waals surface area contributed by atoms with E-state index in [1.807, 2.05) is 47.0 Å². The molecule has 0 saturated carbocycles. The Morgan fingerprint density at radius 1 is 1.12 bits per heavy atom. The number of nitrogens with one attached hydrogen (secondary N) is 1. The number of likely N-dealkylation sites (tertiary alicyclic amines) is 1. The summed E-state index contributed by atoms with van der Waals surface area (Å²) in [5.41, 5.74) is 3.13. The zero-order valence-electron chi connectivity index (χ0n) is 17.5. The molecule has 0 aliphatic carbocycles. The Bertz CT molecular complexity index is 1110. The summed E-state index contributed by atoms with van der Waals surface area (Å²) in [6.07, 6.45) is 4.37. The number of carbonyl (C=O) groups excluding carboxylic acids is 2. The molecule has 1 aromatic heterocycles. The summed E-state index contributed by atoms with van der Waals surface area (Å²) in [5.74, 6) is -0.0848. The molecule has 0 spiro atoms. The molecule has 164 valence electrons. The Kier molecular flexibility index (Phi) is 7.63. The number of halogens is 1. The number of hydrogen-bond acceptors (Lipinski definition) is 4. The molecule has 2 aromatic carbocycles. The van der Waals surface area contributed by atoms with Crippen molar-refractivity contribution in [2.45, 2.75) is 25.4 Å². The smallest absolute Gasteiger partial charge is 0.253 e. The van der Waals surface area contributed by atoms with E-state index in [0.717, 1.165) is 17.7 Å². The van der Waals surface area contributed by atoms with E-state index in [2.05, 4.69) is 16.4 Å². The van der Waals surface area contributed by atoms with Gasteiger partial charge in [-0.3, -0.25) is 9.59 Å². The minimum Gasteiger partial charge on any atom is -0.351 e. The Labute approximate surface area is 193 Å². The van der Waals surface area contributed by atoms with Gasteiger partial charge in [-0.05, 0) is 36.2 Å². The first-order valence-electron chi connectivity index (χ1n) is 10.2. The molecule has 4 rings (SSSR count). The van der Waals surface area contributed by atoms with Gasteiger partial charge in [-0.25, -0.2) is 4.98 Å². The van der Waals surface area contributed by atoms with Gasteiger partial charge >= 0.3 is 0 Å². The minimum atomic E-state index is -0.0828. The largest absolute Gasteiger partial charge is 0.351 e. The SMILES string of the molecule is Cl.N#Cc1ccc(Cn2cncc2CC(=O)NC2CCN(C(=O)c3ccccc3)C2)cc1. The monoisotopic (exact) mass is 449 g/mol. The molecular formula is C24H24ClN5O2. The molecular weight excluding hydrogens is 426 g/mol. The average Bonchev–Trinajstić information content (AvgIpc) is 3.44. The third-order valence-electron chi connectivity index (χ3n) is 5.44. The number of nitriles is 1. The van der Waals surface area contributed by atoms with E-state index >= 15 is 0 Å². The predicted octanol–water partition coefficient (Wildman–Crippen LogP) is 2.80. The summed E-state index contributed by atoms with van der Waals surface area (Å²) in [4.78, 5) is 31.2. The third kappa shape index (κ3) is 5.54. The summed E-state index contributed by atoms with van der Waals surface area (Å²) in [7, 11) is 0. The van der Waals surface area contributed by atoms with Crippen molar-refractivity contribution in [3.63, 3.8) is 0 Å². The van der Waals surface area contributed by atoms with E-state index in [1.54, 1.807) is 29.6 Å². The lowest BCUT2D eigenvalue weighted by Gasteiger charge is -2.17. The second-order valence-corrected chi connectivity index (χ2v) is 7.67. The number of imidazole rings is 1. The van der Waals surface area contributed by atoms with Gasteiger partial charge < -0.3 is 14.8 Å². The molecule has 1 atom stereocenters. The summed E-state index contributed by atoms with van der Waals surface area (Å²) >= 11 is 0. The van der Waals surface area contributed by atoms with Crippen LogP contribution in [0, 0.1) is 11.3 Å². The molecule has 2 amide bonds. The first-order valence-corrected chi connectivity index (χ1v) is 10.2. The molecule has 2 heterocycles. The first kappa shape index (κ1) is 23.0. The average molecular weight is 450 g/mol. The first-order chi connectivity index (χ1) is 15.1. The minimum absolute atomic E-state index is 0. The van der Waals surface area contributed by atoms with Gasteiger partial charge in [0, 0.05) is 43.1 Å². The van der Waals surface area contributed by atoms with Crippen LogP contribution in [0.2, 0.25) is 0 Å². The molecule has 7 nitrogen and oxygen atoms in total. The van der Waals surface area contributed by atoms with Gasteiger partial charge in [0.25, 0.3) is 5.91 Å². The quantitative estimate of drug-likeness (QED) is 0.626. The van der Waals surface area contributed by atoms with Crippen LogP contribution in [0.25, 0.3) is 0 Å². The normalized spacial score (nSPS) is 15.0. The van der Waals surface area contributed by atoms with Gasteiger partial charge in [-0.2, -0.15) is 5.26 Å². The van der Waals surface area contributed by atoms with E-state index in [4.69, 9.17) is 5.26 Å². The Morgan fingerprint density at radius 3 is 2.59 bits per heavy atom. The molecule has 1 N–H and O–H groups in total. The maximum atomic E-state index is 12.6. The van der Waals surface area contributed by atoms with Crippen molar-refractivity contribution in [1.82, 2.24) is 19.8 Å². The van der Waals surface area contributed by atoms with E-state index in [9.17, 15) is 9.59 Å². The van der Waals surface area contributed by atoms with Gasteiger partial charge in [-0.1, -0.05) is 30.3 Å². The highest BCUT2D eigenvalue weighted by molar-refractivity contribution is 5.94. The number of aromatic nitrogens is 2. The molecule has 1 aliphatic rings. The third-order valence-corrected chi connectivity index (χ3v) is 5.44. The van der Waals surface area contributed by atoms with Crippen molar-refractivity contribution in [2.24, 2.45) is 0 Å². The number of carbonyl (C=O) groups is 2. The number of rotatable bonds is 6. The maximum Gasteiger partial charge on any atom is 0.253 e. The number of benzene rings is 2. The highest BCUT2D eigenvalue weighted by Crippen LogP contribution is 2.14. The molecule has 1 saturated heterocycles. The highest BCUT2D eigenvalue weighted by atomic mass is 35.5. The van der Waals surface area contributed by atoms with Crippen LogP contribution in [-0.2, 0) is 17.8 Å². The predicted molar refractivity (Wildman–Crippen MR) is 122 cm³/mol. The molecule has 8 heteroatoms. The van der Waals surface area contributed by atoms with Gasteiger partial charge in [-0.15, -0.1) is 12.4 Å². The fourth-order valence-corrected chi connectivity index (χ4v) is 3.79. The molecule has 32 heavy (non-hydrogen) atoms. The van der Waals surface area contributed by atoms with E-state index in [1.165, 1.54) is 0 Å². The Hall–Kier alpha value is -3.63. The van der Waals surface area contributed by atoms with Crippen molar-refractivity contribution < 1.29 is 9.59 Å². The number of amides is 2. The van der Waals surface area contributed by atoms with Crippen LogP contribution < -0.4 is 5.32 Å². The van der Waals surface area contributed by atoms with Crippen molar-refractivity contribution in [2.75, 3.05) is 13.1 Å². The summed E-state index contributed by atoms with van der Waals surface area (Å²) in [6.45, 7) is 1.73. The standard InChI is InChI=1S/C24H23N5O2.ClH/c25-13-18-6-8-19(9-7-18)15-29-17-26-14-22(29)12-23(30)27-21-10-11-28(16-21)24(31)20-4-2-1-3-5-20;/h1-9,14,17,21H,10-12,15-16H2,(H,27,30);1H. The van der Waals surface area contributed by atoms with E-state index in [-0.39, 0.29) is 36.7 Å². The van der Waals surface area contributed by atoms with Crippen LogP contribution in [0.4, 0.5) is 0 Å². The lowest BCUT2D eigenvalue weighted by Crippen LogP contribution is -2.39. The van der Waals surface area contributed by atoms with Crippen LogP contribution in [-0.4, -0.2) is 45.4 Å². The topological polar surface area (TPSA) is 91.0 Å². The number of nitrogens with zero attached hydrogens (tertiary/aromatic N) is 4. The van der Waals surface area contributed by atoms with Crippen molar-refractivity contribution >= 4 is 24.2 Å². The lowest BCUT2D eigenvalue weighted by atomic mass is 10.1. The fourth-order valence-electron chi connectivity index (χ4n) is 3.79. The van der Waals surface area contributed by atoms with Gasteiger partial charge in [0.2, 0.25) is 5.91 Å². The second kappa shape index (κ2) is 10.6. The summed E-state index contributed by atoms with van der Waals surface area (Å²) in [6, 6.07) is 18.6. The van der Waals surface area contributed by atoms with E-state index < -0.39 is 0 Å². The fraction of sp³-hybridized carbons (Fsp3) is 0.250. The van der Waals surface area contributed by atoms with Crippen LogP contribution >= 0.6 is 12.4 Å². The molecule has 1 fully saturated rings. The van der Waals surface area contributed by atoms with Crippen LogP contribution in [0.3, 0.4) is 0 Å². The summed E-state index contributed by atoms with van der Waals surface area (Å²) < 4.78 is 1.93. The van der Waals surface area contributed by atoms with Gasteiger partial charge in [0.1, 0.15) is 0 Å². The molecule has 0 radical (unpaired) electrons. The van der Waals surface area contributed by atoms with Crippen LogP contribution in [0.15, 0.2) is 67.1 Å². The zero-order valence-corrected chi connectivity index (χ0v) is 18.3. The number of hydrogen-bond donors (Lipinski definition) is 1. The summed E-state index contributed by atoms with van der Waals surface area (Å²) in [5, 5.41) is 12.0. The molecule has 0 bridgehead atoms. The van der Waals surface area contributed by atoms with Crippen LogP contribution in [0.5, 0.6) is 0 Å². The van der Waals surface area contributed by atoms with Gasteiger partial charge in [0.15, 0.2) is 0 Å². The Morgan fingerprint density at radius 2 is 1.88 bits per heavy atom.